The minimum Gasteiger partial charge on any atom is -0.358 e. The van der Waals surface area contributed by atoms with Crippen LogP contribution in [0.4, 0.5) is 0 Å². The lowest BCUT2D eigenvalue weighted by Crippen LogP contribution is -2.36. The summed E-state index contributed by atoms with van der Waals surface area (Å²) in [4.78, 5) is 12.5. The number of rotatable bonds is 6. The van der Waals surface area contributed by atoms with E-state index < -0.39 is 0 Å². The molecule has 2 N–H and O–H groups in total. The van der Waals surface area contributed by atoms with E-state index >= 15 is 0 Å². The quantitative estimate of drug-likeness (QED) is 0.571. The van der Waals surface area contributed by atoms with Crippen LogP contribution in [-0.2, 0) is 9.53 Å². The molecule has 1 amide bonds. The van der Waals surface area contributed by atoms with Gasteiger partial charge in [0.1, 0.15) is 6.23 Å². The number of hydrogen-bond donors (Lipinski definition) is 1. The minimum atomic E-state index is -0.0933. The van der Waals surface area contributed by atoms with Crippen LogP contribution >= 0.6 is 0 Å². The Labute approximate surface area is 105 Å². The topological polar surface area (TPSA) is 55.6 Å². The lowest BCUT2D eigenvalue weighted by molar-refractivity contribution is -0.130. The second kappa shape index (κ2) is 9.19. The maximum Gasteiger partial charge on any atom is 0.212 e. The summed E-state index contributed by atoms with van der Waals surface area (Å²) in [6.07, 6.45) is 5.19. The monoisotopic (exact) mass is 242 g/mol. The van der Waals surface area contributed by atoms with Crippen LogP contribution in [-0.4, -0.2) is 36.2 Å². The fourth-order valence-corrected chi connectivity index (χ4v) is 1.77. The summed E-state index contributed by atoms with van der Waals surface area (Å²) in [5.74, 6) is 0. The second-order valence-corrected chi connectivity index (χ2v) is 4.02. The van der Waals surface area contributed by atoms with Crippen LogP contribution in [0.2, 0.25) is 0 Å². The molecule has 0 spiro atoms. The Kier molecular flexibility index (Phi) is 8.72. The lowest BCUT2D eigenvalue weighted by Gasteiger charge is -2.24. The second-order valence-electron chi connectivity index (χ2n) is 4.02. The first-order valence-corrected chi connectivity index (χ1v) is 6.41. The molecule has 1 saturated heterocycles. The molecular weight excluding hydrogens is 216 g/mol. The minimum absolute atomic E-state index is 0.0933. The van der Waals surface area contributed by atoms with Gasteiger partial charge in [0.25, 0.3) is 0 Å². The maximum absolute atomic E-state index is 10.9. The van der Waals surface area contributed by atoms with E-state index in [9.17, 15) is 4.79 Å². The van der Waals surface area contributed by atoms with E-state index in [0.717, 1.165) is 25.7 Å². The maximum atomic E-state index is 10.9. The third-order valence-corrected chi connectivity index (χ3v) is 2.70. The highest BCUT2D eigenvalue weighted by atomic mass is 16.5. The summed E-state index contributed by atoms with van der Waals surface area (Å²) < 4.78 is 5.62. The molecule has 0 aliphatic carbocycles. The predicted molar refractivity (Wildman–Crippen MR) is 70.5 cm³/mol. The number of ether oxygens (including phenoxy) is 1. The molecule has 1 fully saturated rings. The first-order chi connectivity index (χ1) is 8.19. The lowest BCUT2D eigenvalue weighted by atomic mass is 10.2. The average molecular weight is 242 g/mol. The van der Waals surface area contributed by atoms with Crippen molar-refractivity contribution in [2.24, 2.45) is 5.73 Å². The standard InChI is InChI=1S/C11H20N2O2.C2H6/c1-3-10-4-5-11(13(10)8-14)15-7-6-9(2)12;1-2/h3,8-11H,1,4-7,12H2,2H3;1-2H3. The van der Waals surface area contributed by atoms with Gasteiger partial charge < -0.3 is 15.4 Å². The van der Waals surface area contributed by atoms with Gasteiger partial charge in [0.2, 0.25) is 6.41 Å². The molecule has 17 heavy (non-hydrogen) atoms. The summed E-state index contributed by atoms with van der Waals surface area (Å²) in [5, 5.41) is 0. The first-order valence-electron chi connectivity index (χ1n) is 6.41. The third kappa shape index (κ3) is 5.33. The van der Waals surface area contributed by atoms with Crippen molar-refractivity contribution in [3.63, 3.8) is 0 Å². The Hall–Kier alpha value is -0.870. The van der Waals surface area contributed by atoms with E-state index in [2.05, 4.69) is 6.58 Å². The van der Waals surface area contributed by atoms with Crippen LogP contribution in [0.15, 0.2) is 12.7 Å². The molecule has 3 unspecified atom stereocenters. The molecule has 100 valence electrons. The molecule has 3 atom stereocenters. The zero-order chi connectivity index (χ0) is 13.3. The molecule has 0 bridgehead atoms. The van der Waals surface area contributed by atoms with E-state index in [1.807, 2.05) is 20.8 Å². The summed E-state index contributed by atoms with van der Waals surface area (Å²) in [6, 6.07) is 0.272. The highest BCUT2D eigenvalue weighted by Gasteiger charge is 2.30. The van der Waals surface area contributed by atoms with Gasteiger partial charge in [-0.3, -0.25) is 4.79 Å². The molecule has 1 heterocycles. The predicted octanol–water partition coefficient (Wildman–Crippen LogP) is 1.90. The fourth-order valence-electron chi connectivity index (χ4n) is 1.77. The van der Waals surface area contributed by atoms with E-state index in [-0.39, 0.29) is 18.3 Å². The van der Waals surface area contributed by atoms with Gasteiger partial charge in [-0.2, -0.15) is 0 Å². The van der Waals surface area contributed by atoms with E-state index in [1.54, 1.807) is 11.0 Å². The van der Waals surface area contributed by atoms with Gasteiger partial charge >= 0.3 is 0 Å². The number of hydrogen-bond acceptors (Lipinski definition) is 3. The normalized spacial score (nSPS) is 24.8. The Morgan fingerprint density at radius 2 is 2.18 bits per heavy atom. The number of likely N-dealkylation sites (tertiary alicyclic amines) is 1. The van der Waals surface area contributed by atoms with E-state index in [1.165, 1.54) is 0 Å². The van der Waals surface area contributed by atoms with Crippen molar-refractivity contribution >= 4 is 6.41 Å². The van der Waals surface area contributed by atoms with Gasteiger partial charge in [-0.05, 0) is 26.2 Å². The van der Waals surface area contributed by atoms with Crippen LogP contribution in [0.1, 0.15) is 40.0 Å². The zero-order valence-corrected chi connectivity index (χ0v) is 11.3. The van der Waals surface area contributed by atoms with Gasteiger partial charge in [0, 0.05) is 6.04 Å². The van der Waals surface area contributed by atoms with Crippen LogP contribution in [0.3, 0.4) is 0 Å². The fraction of sp³-hybridized carbons (Fsp3) is 0.769. The summed E-state index contributed by atoms with van der Waals surface area (Å²) in [6.45, 7) is 10.3. The number of nitrogens with zero attached hydrogens (tertiary/aromatic N) is 1. The Morgan fingerprint density at radius 3 is 2.65 bits per heavy atom. The number of amides is 1. The Bertz CT molecular complexity index is 219. The van der Waals surface area contributed by atoms with Crippen molar-refractivity contribution in [2.45, 2.75) is 58.3 Å². The molecule has 0 aromatic heterocycles. The van der Waals surface area contributed by atoms with Gasteiger partial charge in [-0.25, -0.2) is 0 Å². The molecule has 1 rings (SSSR count). The molecular formula is C13H26N2O2. The van der Waals surface area contributed by atoms with Gasteiger partial charge in [-0.15, -0.1) is 6.58 Å². The first kappa shape index (κ1) is 16.1. The van der Waals surface area contributed by atoms with Crippen molar-refractivity contribution in [1.29, 1.82) is 0 Å². The molecule has 4 nitrogen and oxygen atoms in total. The molecule has 1 aliphatic rings. The van der Waals surface area contributed by atoms with E-state index in [0.29, 0.717) is 6.61 Å². The van der Waals surface area contributed by atoms with Crippen LogP contribution in [0.25, 0.3) is 0 Å². The van der Waals surface area contributed by atoms with E-state index in [4.69, 9.17) is 10.5 Å². The van der Waals surface area contributed by atoms with Crippen molar-refractivity contribution in [3.8, 4) is 0 Å². The SMILES string of the molecule is C=CC1CCC(OCCC(C)N)N1C=O.CC. The van der Waals surface area contributed by atoms with Crippen molar-refractivity contribution in [3.05, 3.63) is 12.7 Å². The molecule has 0 aromatic carbocycles. The molecule has 1 aliphatic heterocycles. The highest BCUT2D eigenvalue weighted by molar-refractivity contribution is 5.49. The average Bonchev–Trinajstić information content (AvgIpc) is 2.73. The summed E-state index contributed by atoms with van der Waals surface area (Å²) in [5.41, 5.74) is 5.62. The van der Waals surface area contributed by atoms with Gasteiger partial charge in [0.05, 0.1) is 12.6 Å². The van der Waals surface area contributed by atoms with Crippen molar-refractivity contribution in [1.82, 2.24) is 4.90 Å². The smallest absolute Gasteiger partial charge is 0.212 e. The number of carbonyl (C=O) groups is 1. The molecule has 0 radical (unpaired) electrons. The summed E-state index contributed by atoms with van der Waals surface area (Å²) >= 11 is 0. The Morgan fingerprint density at radius 1 is 1.53 bits per heavy atom. The number of nitrogens with two attached hydrogens (primary N) is 1. The van der Waals surface area contributed by atoms with Crippen LogP contribution in [0, 0.1) is 0 Å². The van der Waals surface area contributed by atoms with Crippen LogP contribution < -0.4 is 5.73 Å². The zero-order valence-electron chi connectivity index (χ0n) is 11.3. The van der Waals surface area contributed by atoms with Crippen LogP contribution in [0.5, 0.6) is 0 Å². The Balaban J connectivity index is 0.00000121. The largest absolute Gasteiger partial charge is 0.358 e. The molecule has 0 saturated carbocycles. The van der Waals surface area contributed by atoms with Crippen molar-refractivity contribution < 1.29 is 9.53 Å². The molecule has 4 heteroatoms. The van der Waals surface area contributed by atoms with Gasteiger partial charge in [-0.1, -0.05) is 19.9 Å². The third-order valence-electron chi connectivity index (χ3n) is 2.70. The number of carbonyl (C=O) groups excluding carboxylic acids is 1. The van der Waals surface area contributed by atoms with Gasteiger partial charge in [0.15, 0.2) is 0 Å². The summed E-state index contributed by atoms with van der Waals surface area (Å²) in [7, 11) is 0. The highest BCUT2D eigenvalue weighted by Crippen LogP contribution is 2.23. The molecule has 0 aromatic rings. The van der Waals surface area contributed by atoms with Crippen molar-refractivity contribution in [2.75, 3.05) is 6.61 Å².